The Morgan fingerprint density at radius 1 is 1.29 bits per heavy atom. The van der Waals surface area contributed by atoms with E-state index in [2.05, 4.69) is 10.1 Å². The quantitative estimate of drug-likeness (QED) is 0.835. The molecule has 2 N–H and O–H groups in total. The van der Waals surface area contributed by atoms with Crippen molar-refractivity contribution in [1.29, 1.82) is 0 Å². The number of benzene rings is 1. The average molecular weight is 288 g/mol. The topological polar surface area (TPSA) is 69.7 Å². The monoisotopic (exact) mass is 288 g/mol. The number of likely N-dealkylation sites (tertiary alicyclic amines) is 1. The van der Waals surface area contributed by atoms with Gasteiger partial charge in [-0.3, -0.25) is 4.90 Å². The van der Waals surface area contributed by atoms with E-state index in [1.54, 1.807) is 0 Å². The second-order valence-electron chi connectivity index (χ2n) is 5.64. The van der Waals surface area contributed by atoms with Crippen molar-refractivity contribution in [2.24, 2.45) is 0 Å². The van der Waals surface area contributed by atoms with Gasteiger partial charge in [0.1, 0.15) is 6.61 Å². The molecule has 2 aromatic rings. The Labute approximate surface area is 123 Å². The van der Waals surface area contributed by atoms with Crippen molar-refractivity contribution in [3.05, 3.63) is 53.4 Å². The minimum atomic E-state index is -0.348. The third-order valence-electron chi connectivity index (χ3n) is 3.89. The van der Waals surface area contributed by atoms with Crippen LogP contribution in [0.3, 0.4) is 0 Å². The second kappa shape index (κ2) is 6.39. The summed E-state index contributed by atoms with van der Waals surface area (Å²) in [5.74, 6) is 0.852. The Balaban J connectivity index is 1.44. The lowest BCUT2D eigenvalue weighted by molar-refractivity contribution is 0.0632. The van der Waals surface area contributed by atoms with Gasteiger partial charge in [0, 0.05) is 31.6 Å². The number of β-amino-alcohol motifs (C(OH)–C–C–N with tert-alkyl or cyclic N) is 1. The summed E-state index contributed by atoms with van der Waals surface area (Å²) in [6, 6.07) is 11.8. The fourth-order valence-corrected chi connectivity index (χ4v) is 2.75. The lowest BCUT2D eigenvalue weighted by atomic mass is 9.95. The van der Waals surface area contributed by atoms with Crippen molar-refractivity contribution < 1.29 is 14.7 Å². The molecule has 5 heteroatoms. The summed E-state index contributed by atoms with van der Waals surface area (Å²) < 4.78 is 5.00. The Kier molecular flexibility index (Phi) is 4.34. The van der Waals surface area contributed by atoms with Crippen LogP contribution >= 0.6 is 0 Å². The van der Waals surface area contributed by atoms with Crippen LogP contribution in [0.5, 0.6) is 0 Å². The zero-order valence-corrected chi connectivity index (χ0v) is 11.9. The molecule has 0 radical (unpaired) electrons. The highest BCUT2D eigenvalue weighted by Crippen LogP contribution is 2.26. The maximum absolute atomic E-state index is 10.1. The molecule has 1 aliphatic rings. The maximum Gasteiger partial charge on any atom is 0.162 e. The molecule has 0 aliphatic carbocycles. The van der Waals surface area contributed by atoms with Crippen LogP contribution < -0.4 is 0 Å². The number of hydrogen-bond donors (Lipinski definition) is 2. The van der Waals surface area contributed by atoms with E-state index in [-0.39, 0.29) is 12.7 Å². The first kappa shape index (κ1) is 14.3. The number of aliphatic hydroxyl groups excluding tert-OH is 2. The molecule has 1 aromatic carbocycles. The third kappa shape index (κ3) is 3.50. The lowest BCUT2D eigenvalue weighted by Crippen LogP contribution is -2.48. The number of hydrogen-bond acceptors (Lipinski definition) is 5. The molecule has 1 fully saturated rings. The number of aliphatic hydroxyl groups is 2. The van der Waals surface area contributed by atoms with Crippen LogP contribution in [0.4, 0.5) is 0 Å². The van der Waals surface area contributed by atoms with Gasteiger partial charge in [-0.1, -0.05) is 35.5 Å². The fraction of sp³-hybridized carbons (Fsp3) is 0.438. The van der Waals surface area contributed by atoms with Gasteiger partial charge in [0.2, 0.25) is 0 Å². The molecule has 5 nitrogen and oxygen atoms in total. The molecule has 1 atom stereocenters. The van der Waals surface area contributed by atoms with Crippen LogP contribution in [-0.2, 0) is 13.0 Å². The molecule has 1 saturated heterocycles. The molecule has 1 aromatic heterocycles. The SMILES string of the molecule is OCc1cc(C2CN(CC(O)Cc3ccccc3)C2)no1. The van der Waals surface area contributed by atoms with Gasteiger partial charge in [0.25, 0.3) is 0 Å². The molecule has 2 heterocycles. The first-order chi connectivity index (χ1) is 10.2. The summed E-state index contributed by atoms with van der Waals surface area (Å²) in [4.78, 5) is 2.21. The molecule has 1 unspecified atom stereocenters. The minimum absolute atomic E-state index is 0.112. The summed E-state index contributed by atoms with van der Waals surface area (Å²) >= 11 is 0. The fourth-order valence-electron chi connectivity index (χ4n) is 2.75. The molecule has 3 rings (SSSR count). The van der Waals surface area contributed by atoms with Crippen LogP contribution in [0.2, 0.25) is 0 Å². The summed E-state index contributed by atoms with van der Waals surface area (Å²) in [6.07, 6.45) is 0.333. The average Bonchev–Trinajstić information content (AvgIpc) is 2.92. The van der Waals surface area contributed by atoms with Crippen molar-refractivity contribution in [3.63, 3.8) is 0 Å². The molecule has 0 spiro atoms. The van der Waals surface area contributed by atoms with Gasteiger partial charge in [-0.05, 0) is 12.0 Å². The Morgan fingerprint density at radius 3 is 2.71 bits per heavy atom. The summed E-state index contributed by atoms with van der Waals surface area (Å²) in [5.41, 5.74) is 2.05. The van der Waals surface area contributed by atoms with Crippen molar-refractivity contribution in [2.75, 3.05) is 19.6 Å². The van der Waals surface area contributed by atoms with E-state index in [1.807, 2.05) is 36.4 Å². The van der Waals surface area contributed by atoms with E-state index in [4.69, 9.17) is 9.63 Å². The molecular weight excluding hydrogens is 268 g/mol. The predicted molar refractivity (Wildman–Crippen MR) is 77.8 cm³/mol. The van der Waals surface area contributed by atoms with E-state index in [0.717, 1.165) is 24.3 Å². The first-order valence-corrected chi connectivity index (χ1v) is 7.25. The number of aromatic nitrogens is 1. The Bertz CT molecular complexity index is 564. The van der Waals surface area contributed by atoms with Gasteiger partial charge < -0.3 is 14.7 Å². The third-order valence-corrected chi connectivity index (χ3v) is 3.89. The smallest absolute Gasteiger partial charge is 0.162 e. The van der Waals surface area contributed by atoms with Gasteiger partial charge in [-0.15, -0.1) is 0 Å². The van der Waals surface area contributed by atoms with Crippen LogP contribution in [0.25, 0.3) is 0 Å². The van der Waals surface area contributed by atoms with Gasteiger partial charge in [-0.2, -0.15) is 0 Å². The lowest BCUT2D eigenvalue weighted by Gasteiger charge is -2.39. The number of nitrogens with zero attached hydrogens (tertiary/aromatic N) is 2. The number of rotatable bonds is 6. The van der Waals surface area contributed by atoms with Crippen LogP contribution in [0, 0.1) is 0 Å². The Hall–Kier alpha value is -1.69. The highest BCUT2D eigenvalue weighted by atomic mass is 16.5. The summed E-state index contributed by atoms with van der Waals surface area (Å²) in [7, 11) is 0. The standard InChI is InChI=1S/C16H20N2O3/c19-11-15-7-16(17-21-15)13-8-18(9-13)10-14(20)6-12-4-2-1-3-5-12/h1-5,7,13-14,19-20H,6,8-11H2. The van der Waals surface area contributed by atoms with Crippen molar-refractivity contribution in [2.45, 2.75) is 25.0 Å². The van der Waals surface area contributed by atoms with Crippen molar-refractivity contribution in [3.8, 4) is 0 Å². The maximum atomic E-state index is 10.1. The minimum Gasteiger partial charge on any atom is -0.391 e. The van der Waals surface area contributed by atoms with Crippen molar-refractivity contribution in [1.82, 2.24) is 10.1 Å². The van der Waals surface area contributed by atoms with E-state index >= 15 is 0 Å². The van der Waals surface area contributed by atoms with Gasteiger partial charge in [-0.25, -0.2) is 0 Å². The molecular formula is C16H20N2O3. The zero-order valence-electron chi connectivity index (χ0n) is 11.9. The van der Waals surface area contributed by atoms with E-state index in [1.165, 1.54) is 0 Å². The van der Waals surface area contributed by atoms with E-state index < -0.39 is 0 Å². The van der Waals surface area contributed by atoms with Gasteiger partial charge in [0.05, 0.1) is 11.8 Å². The van der Waals surface area contributed by atoms with E-state index in [0.29, 0.717) is 24.6 Å². The zero-order chi connectivity index (χ0) is 14.7. The van der Waals surface area contributed by atoms with Gasteiger partial charge >= 0.3 is 0 Å². The van der Waals surface area contributed by atoms with E-state index in [9.17, 15) is 5.11 Å². The second-order valence-corrected chi connectivity index (χ2v) is 5.64. The van der Waals surface area contributed by atoms with Crippen LogP contribution in [0.15, 0.2) is 40.9 Å². The molecule has 0 amide bonds. The Morgan fingerprint density at radius 2 is 2.05 bits per heavy atom. The molecule has 0 saturated carbocycles. The van der Waals surface area contributed by atoms with Crippen molar-refractivity contribution >= 4 is 0 Å². The molecule has 0 bridgehead atoms. The summed E-state index contributed by atoms with van der Waals surface area (Å²) in [5, 5.41) is 23.1. The highest BCUT2D eigenvalue weighted by Gasteiger charge is 2.31. The largest absolute Gasteiger partial charge is 0.391 e. The predicted octanol–water partition coefficient (Wildman–Crippen LogP) is 1.17. The summed E-state index contributed by atoms with van der Waals surface area (Å²) in [6.45, 7) is 2.32. The van der Waals surface area contributed by atoms with Crippen LogP contribution in [-0.4, -0.2) is 46.0 Å². The molecule has 112 valence electrons. The normalized spacial score (nSPS) is 17.6. The highest BCUT2D eigenvalue weighted by molar-refractivity contribution is 5.16. The molecule has 1 aliphatic heterocycles. The molecule has 21 heavy (non-hydrogen) atoms. The first-order valence-electron chi connectivity index (χ1n) is 7.25. The van der Waals surface area contributed by atoms with Gasteiger partial charge in [0.15, 0.2) is 5.76 Å². The van der Waals surface area contributed by atoms with Crippen LogP contribution in [0.1, 0.15) is 22.9 Å².